The Morgan fingerprint density at radius 1 is 1.38 bits per heavy atom. The highest BCUT2D eigenvalue weighted by molar-refractivity contribution is 5.89. The number of hydrogen-bond acceptors (Lipinski definition) is 3. The first-order valence-electron chi connectivity index (χ1n) is 5.20. The van der Waals surface area contributed by atoms with Gasteiger partial charge in [-0.2, -0.15) is 0 Å². The van der Waals surface area contributed by atoms with Crippen LogP contribution in [0.15, 0.2) is 35.9 Å². The molecule has 0 fully saturated rings. The maximum Gasteiger partial charge on any atom is 0.338 e. The third-order valence-corrected chi connectivity index (χ3v) is 2.08. The van der Waals surface area contributed by atoms with Gasteiger partial charge in [0.25, 0.3) is 0 Å². The Morgan fingerprint density at radius 3 is 2.69 bits per heavy atom. The molecule has 0 aliphatic rings. The van der Waals surface area contributed by atoms with Gasteiger partial charge >= 0.3 is 5.97 Å². The minimum atomic E-state index is -0.324. The van der Waals surface area contributed by atoms with Gasteiger partial charge in [-0.1, -0.05) is 19.1 Å². The van der Waals surface area contributed by atoms with Crippen LogP contribution in [0.25, 0.3) is 0 Å². The van der Waals surface area contributed by atoms with Crippen molar-refractivity contribution in [1.82, 2.24) is 0 Å². The van der Waals surface area contributed by atoms with Crippen molar-refractivity contribution in [2.24, 2.45) is 0 Å². The highest BCUT2D eigenvalue weighted by Gasteiger charge is 2.07. The molecule has 0 N–H and O–H groups in total. The van der Waals surface area contributed by atoms with E-state index in [2.05, 4.69) is 0 Å². The molecule has 0 amide bonds. The highest BCUT2D eigenvalue weighted by atomic mass is 16.5. The highest BCUT2D eigenvalue weighted by Crippen LogP contribution is 2.19. The number of carbonyl (C=O) groups excluding carboxylic acids is 1. The second kappa shape index (κ2) is 5.95. The zero-order valence-electron chi connectivity index (χ0n) is 9.82. The Bertz CT molecular complexity index is 394. The summed E-state index contributed by atoms with van der Waals surface area (Å²) in [6.07, 6.45) is 2.65. The predicted octanol–water partition coefficient (Wildman–Crippen LogP) is 2.96. The maximum absolute atomic E-state index is 11.6. The van der Waals surface area contributed by atoms with E-state index in [1.807, 2.05) is 13.0 Å². The smallest absolute Gasteiger partial charge is 0.338 e. The van der Waals surface area contributed by atoms with Crippen LogP contribution in [0.1, 0.15) is 20.3 Å². The predicted molar refractivity (Wildman–Crippen MR) is 62.7 cm³/mol. The first kappa shape index (κ1) is 12.3. The number of ether oxygens (including phenoxy) is 2. The van der Waals surface area contributed by atoms with Crippen LogP contribution in [0.4, 0.5) is 0 Å². The van der Waals surface area contributed by atoms with Crippen LogP contribution in [0.5, 0.6) is 11.5 Å². The number of rotatable bonds is 4. The molecule has 0 aliphatic carbocycles. The van der Waals surface area contributed by atoms with Crippen LogP contribution in [0, 0.1) is 0 Å². The first-order valence-corrected chi connectivity index (χ1v) is 5.20. The molecule has 0 aromatic heterocycles. The van der Waals surface area contributed by atoms with Gasteiger partial charge in [0.15, 0.2) is 0 Å². The van der Waals surface area contributed by atoms with Gasteiger partial charge in [0, 0.05) is 11.6 Å². The lowest BCUT2D eigenvalue weighted by Crippen LogP contribution is -2.09. The molecule has 0 heterocycles. The molecule has 0 spiro atoms. The van der Waals surface area contributed by atoms with Crippen LogP contribution < -0.4 is 9.47 Å². The maximum atomic E-state index is 11.6. The van der Waals surface area contributed by atoms with Gasteiger partial charge < -0.3 is 9.47 Å². The fourth-order valence-electron chi connectivity index (χ4n) is 1.24. The Balaban J connectivity index is 2.73. The molecule has 0 radical (unpaired) electrons. The quantitative estimate of drug-likeness (QED) is 0.444. The third-order valence-electron chi connectivity index (χ3n) is 2.08. The van der Waals surface area contributed by atoms with Crippen molar-refractivity contribution < 1.29 is 14.3 Å². The van der Waals surface area contributed by atoms with Gasteiger partial charge in [-0.25, -0.2) is 4.79 Å². The lowest BCUT2D eigenvalue weighted by atomic mass is 10.2. The van der Waals surface area contributed by atoms with E-state index in [9.17, 15) is 4.79 Å². The van der Waals surface area contributed by atoms with Gasteiger partial charge in [0.1, 0.15) is 11.5 Å². The molecule has 1 rings (SSSR count). The molecule has 0 atom stereocenters. The average Bonchev–Trinajstić information content (AvgIpc) is 2.29. The summed E-state index contributed by atoms with van der Waals surface area (Å²) in [5.74, 6) is 0.839. The van der Waals surface area contributed by atoms with E-state index in [-0.39, 0.29) is 5.97 Å². The number of methoxy groups -OCH3 is 1. The molecule has 16 heavy (non-hydrogen) atoms. The second-order valence-electron chi connectivity index (χ2n) is 3.36. The average molecular weight is 220 g/mol. The Labute approximate surface area is 95.7 Å². The van der Waals surface area contributed by atoms with E-state index in [0.29, 0.717) is 17.1 Å². The number of carbonyl (C=O) groups is 1. The zero-order valence-corrected chi connectivity index (χ0v) is 9.82. The molecule has 0 saturated heterocycles. The van der Waals surface area contributed by atoms with Crippen molar-refractivity contribution in [3.8, 4) is 11.5 Å². The topological polar surface area (TPSA) is 35.5 Å². The summed E-state index contributed by atoms with van der Waals surface area (Å²) in [6, 6.07) is 6.98. The number of hydrogen-bond donors (Lipinski definition) is 0. The van der Waals surface area contributed by atoms with Crippen molar-refractivity contribution in [2.75, 3.05) is 7.11 Å². The summed E-state index contributed by atoms with van der Waals surface area (Å²) in [5.41, 5.74) is 0.616. The van der Waals surface area contributed by atoms with Crippen LogP contribution in [-0.2, 0) is 4.79 Å². The standard InChI is InChI=1S/C13H16O3/c1-4-6-10(2)13(14)16-12-8-5-7-11(9-12)15-3/h5-9H,4H2,1-3H3. The summed E-state index contributed by atoms with van der Waals surface area (Å²) >= 11 is 0. The van der Waals surface area contributed by atoms with Crippen LogP contribution in [0.2, 0.25) is 0 Å². The molecule has 3 heteroatoms. The van der Waals surface area contributed by atoms with E-state index in [1.165, 1.54) is 0 Å². The minimum Gasteiger partial charge on any atom is -0.497 e. The molecule has 3 nitrogen and oxygen atoms in total. The van der Waals surface area contributed by atoms with Gasteiger partial charge in [0.2, 0.25) is 0 Å². The number of allylic oxidation sites excluding steroid dienone is 1. The largest absolute Gasteiger partial charge is 0.497 e. The SMILES string of the molecule is CCC=C(C)C(=O)Oc1cccc(OC)c1. The Kier molecular flexibility index (Phi) is 4.58. The fraction of sp³-hybridized carbons (Fsp3) is 0.308. The molecular formula is C13H16O3. The molecule has 0 bridgehead atoms. The summed E-state index contributed by atoms with van der Waals surface area (Å²) < 4.78 is 10.2. The van der Waals surface area contributed by atoms with E-state index in [0.717, 1.165) is 6.42 Å². The monoisotopic (exact) mass is 220 g/mol. The second-order valence-corrected chi connectivity index (χ2v) is 3.36. The van der Waals surface area contributed by atoms with Gasteiger partial charge in [0.05, 0.1) is 7.11 Å². The van der Waals surface area contributed by atoms with Crippen LogP contribution in [-0.4, -0.2) is 13.1 Å². The minimum absolute atomic E-state index is 0.324. The lowest BCUT2D eigenvalue weighted by Gasteiger charge is -2.05. The zero-order chi connectivity index (χ0) is 12.0. The molecule has 1 aromatic rings. The van der Waals surface area contributed by atoms with Gasteiger partial charge in [-0.3, -0.25) is 0 Å². The third kappa shape index (κ3) is 3.42. The Morgan fingerprint density at radius 2 is 2.06 bits per heavy atom. The number of esters is 1. The van der Waals surface area contributed by atoms with Gasteiger partial charge in [-0.05, 0) is 25.5 Å². The normalized spacial score (nSPS) is 11.1. The van der Waals surface area contributed by atoms with E-state index in [1.54, 1.807) is 38.3 Å². The first-order chi connectivity index (χ1) is 7.67. The molecule has 1 aromatic carbocycles. The summed E-state index contributed by atoms with van der Waals surface area (Å²) in [4.78, 5) is 11.6. The Hall–Kier alpha value is -1.77. The molecule has 0 unspecified atom stereocenters. The molecule has 0 aliphatic heterocycles. The summed E-state index contributed by atoms with van der Waals surface area (Å²) in [5, 5.41) is 0. The number of benzene rings is 1. The van der Waals surface area contributed by atoms with E-state index >= 15 is 0 Å². The van der Waals surface area contributed by atoms with E-state index in [4.69, 9.17) is 9.47 Å². The molecule has 86 valence electrons. The van der Waals surface area contributed by atoms with Crippen LogP contribution in [0.3, 0.4) is 0 Å². The summed E-state index contributed by atoms with van der Waals surface area (Å²) in [6.45, 7) is 3.72. The van der Waals surface area contributed by atoms with Crippen molar-refractivity contribution >= 4 is 5.97 Å². The van der Waals surface area contributed by atoms with E-state index < -0.39 is 0 Å². The molecular weight excluding hydrogens is 204 g/mol. The lowest BCUT2D eigenvalue weighted by molar-refractivity contribution is -0.130. The van der Waals surface area contributed by atoms with Crippen LogP contribution >= 0.6 is 0 Å². The van der Waals surface area contributed by atoms with Crippen molar-refractivity contribution in [3.05, 3.63) is 35.9 Å². The summed E-state index contributed by atoms with van der Waals surface area (Å²) in [7, 11) is 1.57. The van der Waals surface area contributed by atoms with Crippen molar-refractivity contribution in [3.63, 3.8) is 0 Å². The molecule has 0 saturated carbocycles. The van der Waals surface area contributed by atoms with Crippen molar-refractivity contribution in [1.29, 1.82) is 0 Å². The van der Waals surface area contributed by atoms with Gasteiger partial charge in [-0.15, -0.1) is 0 Å². The fourth-order valence-corrected chi connectivity index (χ4v) is 1.24. The van der Waals surface area contributed by atoms with Crippen molar-refractivity contribution in [2.45, 2.75) is 20.3 Å².